The maximum Gasteiger partial charge on any atom is 0.323 e. The standard InChI is InChI=1S/C12H16ClNO3S/c1-16-11-4-3-9(13)5-8(11)6-18-7-10(14)12(15)17-2/h3-5,10H,6-7,14H2,1-2H3. The first kappa shape index (κ1) is 15.1. The van der Waals surface area contributed by atoms with Crippen molar-refractivity contribution < 1.29 is 14.3 Å². The van der Waals surface area contributed by atoms with Gasteiger partial charge in [-0.2, -0.15) is 11.8 Å². The van der Waals surface area contributed by atoms with Crippen molar-refractivity contribution >= 4 is 29.3 Å². The lowest BCUT2D eigenvalue weighted by atomic mass is 10.2. The Balaban J connectivity index is 2.53. The number of carbonyl (C=O) groups excluding carboxylic acids is 1. The minimum atomic E-state index is -0.606. The summed E-state index contributed by atoms with van der Waals surface area (Å²) in [5.41, 5.74) is 6.62. The molecule has 4 nitrogen and oxygen atoms in total. The summed E-state index contributed by atoms with van der Waals surface area (Å²) >= 11 is 7.46. The van der Waals surface area contributed by atoms with Crippen molar-refractivity contribution in [2.24, 2.45) is 5.73 Å². The van der Waals surface area contributed by atoms with E-state index in [0.29, 0.717) is 16.5 Å². The lowest BCUT2D eigenvalue weighted by molar-refractivity contribution is -0.141. The third kappa shape index (κ3) is 4.40. The Morgan fingerprint density at radius 2 is 2.22 bits per heavy atom. The van der Waals surface area contributed by atoms with Gasteiger partial charge in [-0.3, -0.25) is 4.79 Å². The molecule has 0 aromatic heterocycles. The first-order chi connectivity index (χ1) is 8.58. The smallest absolute Gasteiger partial charge is 0.323 e. The highest BCUT2D eigenvalue weighted by Crippen LogP contribution is 2.26. The molecule has 1 aromatic rings. The molecular weight excluding hydrogens is 274 g/mol. The van der Waals surface area contributed by atoms with Crippen LogP contribution in [-0.4, -0.2) is 32.0 Å². The van der Waals surface area contributed by atoms with Crippen molar-refractivity contribution in [3.63, 3.8) is 0 Å². The second-order valence-electron chi connectivity index (χ2n) is 3.60. The highest BCUT2D eigenvalue weighted by atomic mass is 35.5. The third-order valence-electron chi connectivity index (χ3n) is 2.30. The lowest BCUT2D eigenvalue weighted by Crippen LogP contribution is -2.33. The molecule has 100 valence electrons. The van der Waals surface area contributed by atoms with E-state index in [1.54, 1.807) is 13.2 Å². The number of rotatable bonds is 6. The van der Waals surface area contributed by atoms with Gasteiger partial charge in [0.25, 0.3) is 0 Å². The van der Waals surface area contributed by atoms with E-state index >= 15 is 0 Å². The Hall–Kier alpha value is -0.910. The number of esters is 1. The van der Waals surface area contributed by atoms with E-state index in [0.717, 1.165) is 11.3 Å². The van der Waals surface area contributed by atoms with Gasteiger partial charge in [-0.1, -0.05) is 11.6 Å². The number of carbonyl (C=O) groups is 1. The molecule has 18 heavy (non-hydrogen) atoms. The van der Waals surface area contributed by atoms with Gasteiger partial charge in [0.05, 0.1) is 14.2 Å². The molecular formula is C12H16ClNO3S. The Kier molecular flexibility index (Phi) is 6.32. The van der Waals surface area contributed by atoms with E-state index in [2.05, 4.69) is 4.74 Å². The van der Waals surface area contributed by atoms with Gasteiger partial charge in [0.15, 0.2) is 0 Å². The van der Waals surface area contributed by atoms with Gasteiger partial charge >= 0.3 is 5.97 Å². The average Bonchev–Trinajstić information content (AvgIpc) is 2.38. The van der Waals surface area contributed by atoms with Crippen LogP contribution in [0, 0.1) is 0 Å². The van der Waals surface area contributed by atoms with Gasteiger partial charge in [0, 0.05) is 22.1 Å². The molecule has 0 amide bonds. The number of ether oxygens (including phenoxy) is 2. The predicted molar refractivity (Wildman–Crippen MR) is 74.2 cm³/mol. The first-order valence-electron chi connectivity index (χ1n) is 5.32. The number of methoxy groups -OCH3 is 2. The normalized spacial score (nSPS) is 12.0. The second kappa shape index (κ2) is 7.51. The van der Waals surface area contributed by atoms with Crippen molar-refractivity contribution in [2.75, 3.05) is 20.0 Å². The number of thioether (sulfide) groups is 1. The SMILES string of the molecule is COC(=O)C(N)CSCc1cc(Cl)ccc1OC. The molecule has 0 spiro atoms. The lowest BCUT2D eigenvalue weighted by Gasteiger charge is -2.11. The number of halogens is 1. The van der Waals surface area contributed by atoms with E-state index < -0.39 is 12.0 Å². The average molecular weight is 290 g/mol. The maximum absolute atomic E-state index is 11.1. The van der Waals surface area contributed by atoms with Crippen LogP contribution in [0.25, 0.3) is 0 Å². The van der Waals surface area contributed by atoms with Crippen LogP contribution in [0.5, 0.6) is 5.75 Å². The van der Waals surface area contributed by atoms with Crippen LogP contribution in [-0.2, 0) is 15.3 Å². The summed E-state index contributed by atoms with van der Waals surface area (Å²) in [6, 6.07) is 4.83. The molecule has 2 N–H and O–H groups in total. The Morgan fingerprint density at radius 3 is 2.83 bits per heavy atom. The molecule has 1 aromatic carbocycles. The predicted octanol–water partition coefficient (Wildman–Crippen LogP) is 2.08. The molecule has 0 aliphatic rings. The Bertz CT molecular complexity index is 414. The molecule has 0 radical (unpaired) electrons. The molecule has 0 heterocycles. The van der Waals surface area contributed by atoms with E-state index in [4.69, 9.17) is 22.1 Å². The van der Waals surface area contributed by atoms with Crippen LogP contribution in [0.15, 0.2) is 18.2 Å². The van der Waals surface area contributed by atoms with Crippen LogP contribution >= 0.6 is 23.4 Å². The van der Waals surface area contributed by atoms with Gasteiger partial charge in [-0.25, -0.2) is 0 Å². The van der Waals surface area contributed by atoms with E-state index in [1.165, 1.54) is 18.9 Å². The summed E-state index contributed by atoms with van der Waals surface area (Å²) in [4.78, 5) is 11.1. The fourth-order valence-electron chi connectivity index (χ4n) is 1.38. The molecule has 1 unspecified atom stereocenters. The summed E-state index contributed by atoms with van der Waals surface area (Å²) in [5.74, 6) is 1.54. The largest absolute Gasteiger partial charge is 0.496 e. The Morgan fingerprint density at radius 1 is 1.50 bits per heavy atom. The molecule has 0 aliphatic carbocycles. The zero-order valence-corrected chi connectivity index (χ0v) is 11.9. The van der Waals surface area contributed by atoms with Gasteiger partial charge in [0.1, 0.15) is 11.8 Å². The molecule has 1 atom stereocenters. The van der Waals surface area contributed by atoms with Crippen LogP contribution in [0.1, 0.15) is 5.56 Å². The van der Waals surface area contributed by atoms with Crippen LogP contribution in [0.2, 0.25) is 5.02 Å². The van der Waals surface area contributed by atoms with Crippen molar-refractivity contribution in [3.8, 4) is 5.75 Å². The third-order valence-corrected chi connectivity index (χ3v) is 3.65. The number of nitrogens with two attached hydrogens (primary N) is 1. The van der Waals surface area contributed by atoms with Gasteiger partial charge in [-0.15, -0.1) is 0 Å². The summed E-state index contributed by atoms with van der Waals surface area (Å²) in [6.45, 7) is 0. The Labute approximate surface area is 116 Å². The van der Waals surface area contributed by atoms with Crippen molar-refractivity contribution in [1.82, 2.24) is 0 Å². The molecule has 0 aliphatic heterocycles. The van der Waals surface area contributed by atoms with E-state index in [1.807, 2.05) is 12.1 Å². The summed E-state index contributed by atoms with van der Waals surface area (Å²) in [7, 11) is 2.93. The monoisotopic (exact) mass is 289 g/mol. The first-order valence-corrected chi connectivity index (χ1v) is 6.85. The molecule has 0 fully saturated rings. The number of hydrogen-bond donors (Lipinski definition) is 1. The zero-order chi connectivity index (χ0) is 13.5. The van der Waals surface area contributed by atoms with Gasteiger partial charge < -0.3 is 15.2 Å². The van der Waals surface area contributed by atoms with E-state index in [-0.39, 0.29) is 0 Å². The summed E-state index contributed by atoms with van der Waals surface area (Å²) in [5, 5.41) is 0.656. The molecule has 0 saturated carbocycles. The second-order valence-corrected chi connectivity index (χ2v) is 5.07. The fraction of sp³-hybridized carbons (Fsp3) is 0.417. The summed E-state index contributed by atoms with van der Waals surface area (Å²) < 4.78 is 9.79. The molecule has 6 heteroatoms. The van der Waals surface area contributed by atoms with Gasteiger partial charge in [0.2, 0.25) is 0 Å². The molecule has 0 saturated heterocycles. The maximum atomic E-state index is 11.1. The summed E-state index contributed by atoms with van der Waals surface area (Å²) in [6.07, 6.45) is 0. The van der Waals surface area contributed by atoms with Crippen molar-refractivity contribution in [2.45, 2.75) is 11.8 Å². The minimum absolute atomic E-state index is 0.402. The topological polar surface area (TPSA) is 61.5 Å². The molecule has 0 bridgehead atoms. The van der Waals surface area contributed by atoms with Crippen molar-refractivity contribution in [1.29, 1.82) is 0 Å². The van der Waals surface area contributed by atoms with Crippen LogP contribution in [0.4, 0.5) is 0 Å². The van der Waals surface area contributed by atoms with Gasteiger partial charge in [-0.05, 0) is 18.2 Å². The van der Waals surface area contributed by atoms with Crippen LogP contribution in [0.3, 0.4) is 0 Å². The highest BCUT2D eigenvalue weighted by Gasteiger charge is 2.14. The molecule has 1 rings (SSSR count). The zero-order valence-electron chi connectivity index (χ0n) is 10.3. The van der Waals surface area contributed by atoms with Crippen molar-refractivity contribution in [3.05, 3.63) is 28.8 Å². The quantitative estimate of drug-likeness (QED) is 0.813. The van der Waals surface area contributed by atoms with E-state index in [9.17, 15) is 4.79 Å². The fourth-order valence-corrected chi connectivity index (χ4v) is 2.52. The van der Waals surface area contributed by atoms with Crippen LogP contribution < -0.4 is 10.5 Å². The number of benzene rings is 1. The highest BCUT2D eigenvalue weighted by molar-refractivity contribution is 7.98. The minimum Gasteiger partial charge on any atom is -0.496 e. The number of hydrogen-bond acceptors (Lipinski definition) is 5.